The van der Waals surface area contributed by atoms with Crippen LogP contribution in [0.2, 0.25) is 0 Å². The quantitative estimate of drug-likeness (QED) is 0.880. The van der Waals surface area contributed by atoms with Crippen LogP contribution in [0.25, 0.3) is 0 Å². The summed E-state index contributed by atoms with van der Waals surface area (Å²) < 4.78 is 0. The van der Waals surface area contributed by atoms with E-state index in [4.69, 9.17) is 5.73 Å². The average Bonchev–Trinajstić information content (AvgIpc) is 2.54. The third-order valence-electron chi connectivity index (χ3n) is 4.22. The van der Waals surface area contributed by atoms with E-state index in [-0.39, 0.29) is 0 Å². The van der Waals surface area contributed by atoms with E-state index < -0.39 is 5.54 Å². The number of rotatable bonds is 5. The van der Waals surface area contributed by atoms with Crippen molar-refractivity contribution in [2.24, 2.45) is 5.73 Å². The Bertz CT molecular complexity index is 445. The van der Waals surface area contributed by atoms with Crippen LogP contribution in [0.5, 0.6) is 0 Å². The Hall–Kier alpha value is -1.41. The summed E-state index contributed by atoms with van der Waals surface area (Å²) in [5.41, 5.74) is 6.33. The van der Waals surface area contributed by atoms with Gasteiger partial charge in [0, 0.05) is 32.7 Å². The molecule has 1 heterocycles. The standard InChI is InChI=1S/C16H24N4/c1-2-19-10-12-20(13-11-19)9-8-16(18,14-17)15-6-4-3-5-7-15/h3-7H,2,8-13,18H2,1H3. The molecule has 0 bridgehead atoms. The number of benzene rings is 1. The minimum Gasteiger partial charge on any atom is -0.310 e. The summed E-state index contributed by atoms with van der Waals surface area (Å²) in [5.74, 6) is 0. The van der Waals surface area contributed by atoms with Gasteiger partial charge in [-0.3, -0.25) is 0 Å². The van der Waals surface area contributed by atoms with Crippen molar-refractivity contribution < 1.29 is 0 Å². The Labute approximate surface area is 121 Å². The molecule has 0 aliphatic carbocycles. The summed E-state index contributed by atoms with van der Waals surface area (Å²) in [6.45, 7) is 8.59. The Balaban J connectivity index is 1.90. The maximum absolute atomic E-state index is 9.45. The lowest BCUT2D eigenvalue weighted by atomic mass is 9.89. The molecule has 1 aromatic rings. The lowest BCUT2D eigenvalue weighted by molar-refractivity contribution is 0.131. The Morgan fingerprint density at radius 2 is 1.75 bits per heavy atom. The zero-order chi connectivity index (χ0) is 14.4. The van der Waals surface area contributed by atoms with E-state index in [1.165, 1.54) is 0 Å². The summed E-state index contributed by atoms with van der Waals surface area (Å²) in [6.07, 6.45) is 0.680. The van der Waals surface area contributed by atoms with Crippen LogP contribution in [0.1, 0.15) is 18.9 Å². The maximum Gasteiger partial charge on any atom is 0.131 e. The molecule has 1 saturated heterocycles. The highest BCUT2D eigenvalue weighted by Crippen LogP contribution is 2.21. The second-order valence-corrected chi connectivity index (χ2v) is 5.48. The molecule has 0 radical (unpaired) electrons. The first-order valence-corrected chi connectivity index (χ1v) is 7.38. The number of nitrogens with zero attached hydrogens (tertiary/aromatic N) is 3. The molecule has 4 nitrogen and oxygen atoms in total. The number of nitriles is 1. The summed E-state index contributed by atoms with van der Waals surface area (Å²) in [7, 11) is 0. The summed E-state index contributed by atoms with van der Waals surface area (Å²) in [4.78, 5) is 4.86. The molecule has 1 aliphatic rings. The lowest BCUT2D eigenvalue weighted by Crippen LogP contribution is -2.48. The largest absolute Gasteiger partial charge is 0.310 e. The van der Waals surface area contributed by atoms with E-state index in [1.54, 1.807) is 0 Å². The van der Waals surface area contributed by atoms with Gasteiger partial charge < -0.3 is 15.5 Å². The smallest absolute Gasteiger partial charge is 0.131 e. The third kappa shape index (κ3) is 3.57. The van der Waals surface area contributed by atoms with Crippen LogP contribution in [-0.2, 0) is 5.54 Å². The number of nitrogens with two attached hydrogens (primary N) is 1. The van der Waals surface area contributed by atoms with Crippen LogP contribution in [-0.4, -0.2) is 49.1 Å². The predicted molar refractivity (Wildman–Crippen MR) is 81.1 cm³/mol. The van der Waals surface area contributed by atoms with Gasteiger partial charge in [0.1, 0.15) is 5.54 Å². The van der Waals surface area contributed by atoms with Crippen LogP contribution in [0.15, 0.2) is 30.3 Å². The first kappa shape index (κ1) is 15.0. The minimum atomic E-state index is -0.872. The number of hydrogen-bond donors (Lipinski definition) is 1. The maximum atomic E-state index is 9.45. The van der Waals surface area contributed by atoms with Gasteiger partial charge in [0.25, 0.3) is 0 Å². The van der Waals surface area contributed by atoms with E-state index in [1.807, 2.05) is 30.3 Å². The second kappa shape index (κ2) is 6.85. The minimum absolute atomic E-state index is 0.680. The second-order valence-electron chi connectivity index (χ2n) is 5.48. The van der Waals surface area contributed by atoms with E-state index in [9.17, 15) is 5.26 Å². The van der Waals surface area contributed by atoms with Crippen LogP contribution >= 0.6 is 0 Å². The number of likely N-dealkylation sites (N-methyl/N-ethyl adjacent to an activating group) is 1. The van der Waals surface area contributed by atoms with Crippen LogP contribution in [0.4, 0.5) is 0 Å². The van der Waals surface area contributed by atoms with Gasteiger partial charge in [0.15, 0.2) is 0 Å². The molecule has 0 saturated carbocycles. The van der Waals surface area contributed by atoms with E-state index >= 15 is 0 Å². The Kier molecular flexibility index (Phi) is 5.13. The summed E-state index contributed by atoms with van der Waals surface area (Å²) >= 11 is 0. The molecular weight excluding hydrogens is 248 g/mol. The van der Waals surface area contributed by atoms with Gasteiger partial charge in [-0.05, 0) is 18.5 Å². The predicted octanol–water partition coefficient (Wildman–Crippen LogP) is 1.39. The third-order valence-corrected chi connectivity index (χ3v) is 4.22. The highest BCUT2D eigenvalue weighted by Gasteiger charge is 2.28. The Morgan fingerprint density at radius 3 is 2.30 bits per heavy atom. The van der Waals surface area contributed by atoms with Gasteiger partial charge in [-0.25, -0.2) is 0 Å². The van der Waals surface area contributed by atoms with Crippen molar-refractivity contribution in [2.45, 2.75) is 18.9 Å². The topological polar surface area (TPSA) is 56.3 Å². The fraction of sp³-hybridized carbons (Fsp3) is 0.562. The zero-order valence-corrected chi connectivity index (χ0v) is 12.3. The molecule has 2 N–H and O–H groups in total. The van der Waals surface area contributed by atoms with Crippen molar-refractivity contribution in [3.05, 3.63) is 35.9 Å². The highest BCUT2D eigenvalue weighted by atomic mass is 15.3. The monoisotopic (exact) mass is 272 g/mol. The summed E-state index contributed by atoms with van der Waals surface area (Å²) in [5, 5.41) is 9.45. The molecule has 1 unspecified atom stereocenters. The molecule has 20 heavy (non-hydrogen) atoms. The number of piperazine rings is 1. The molecule has 1 aromatic carbocycles. The first-order chi connectivity index (χ1) is 9.68. The van der Waals surface area contributed by atoms with Gasteiger partial charge >= 0.3 is 0 Å². The lowest BCUT2D eigenvalue weighted by Gasteiger charge is -2.35. The SMILES string of the molecule is CCN1CCN(CCC(N)(C#N)c2ccccc2)CC1. The Morgan fingerprint density at radius 1 is 1.15 bits per heavy atom. The molecule has 1 atom stereocenters. The molecule has 2 rings (SSSR count). The number of hydrogen-bond acceptors (Lipinski definition) is 4. The first-order valence-electron chi connectivity index (χ1n) is 7.38. The molecular formula is C16H24N4. The molecule has 1 aliphatic heterocycles. The zero-order valence-electron chi connectivity index (χ0n) is 12.3. The fourth-order valence-electron chi connectivity index (χ4n) is 2.66. The van der Waals surface area contributed by atoms with Crippen molar-refractivity contribution in [1.82, 2.24) is 9.80 Å². The van der Waals surface area contributed by atoms with Crippen molar-refractivity contribution in [3.63, 3.8) is 0 Å². The highest BCUT2D eigenvalue weighted by molar-refractivity contribution is 5.30. The molecule has 4 heteroatoms. The van der Waals surface area contributed by atoms with Crippen LogP contribution in [0, 0.1) is 11.3 Å². The van der Waals surface area contributed by atoms with Crippen LogP contribution < -0.4 is 5.73 Å². The fourth-order valence-corrected chi connectivity index (χ4v) is 2.66. The van der Waals surface area contributed by atoms with Crippen molar-refractivity contribution in [2.75, 3.05) is 39.3 Å². The van der Waals surface area contributed by atoms with Crippen molar-refractivity contribution >= 4 is 0 Å². The molecule has 108 valence electrons. The van der Waals surface area contributed by atoms with Gasteiger partial charge in [0.2, 0.25) is 0 Å². The van der Waals surface area contributed by atoms with Gasteiger partial charge in [0.05, 0.1) is 6.07 Å². The van der Waals surface area contributed by atoms with Crippen molar-refractivity contribution in [3.8, 4) is 6.07 Å². The molecule has 1 fully saturated rings. The normalized spacial score (nSPS) is 20.2. The molecule has 0 amide bonds. The van der Waals surface area contributed by atoms with E-state index in [0.29, 0.717) is 6.42 Å². The van der Waals surface area contributed by atoms with Gasteiger partial charge in [-0.15, -0.1) is 0 Å². The average molecular weight is 272 g/mol. The molecule has 0 aromatic heterocycles. The van der Waals surface area contributed by atoms with Crippen LogP contribution in [0.3, 0.4) is 0 Å². The van der Waals surface area contributed by atoms with Gasteiger partial charge in [-0.1, -0.05) is 37.3 Å². The van der Waals surface area contributed by atoms with Gasteiger partial charge in [-0.2, -0.15) is 5.26 Å². The van der Waals surface area contributed by atoms with E-state index in [2.05, 4.69) is 22.8 Å². The summed E-state index contributed by atoms with van der Waals surface area (Å²) in [6, 6.07) is 12.0. The molecule has 0 spiro atoms. The van der Waals surface area contributed by atoms with Crippen molar-refractivity contribution in [1.29, 1.82) is 5.26 Å². The van der Waals surface area contributed by atoms with E-state index in [0.717, 1.165) is 44.8 Å².